The van der Waals surface area contributed by atoms with Crippen LogP contribution in [0.5, 0.6) is 0 Å². The molecule has 0 amide bonds. The van der Waals surface area contributed by atoms with E-state index in [2.05, 4.69) is 15.3 Å². The molecule has 1 rings (SSSR count). The highest BCUT2D eigenvalue weighted by Crippen LogP contribution is 2.13. The summed E-state index contributed by atoms with van der Waals surface area (Å²) in [5, 5.41) is 12.7. The van der Waals surface area contributed by atoms with Gasteiger partial charge in [0.1, 0.15) is 11.9 Å². The number of nitrogens with one attached hydrogen (secondary N) is 1. The first-order chi connectivity index (χ1) is 6.69. The van der Waals surface area contributed by atoms with Crippen molar-refractivity contribution in [1.82, 2.24) is 15.3 Å². The average Bonchev–Trinajstić information content (AvgIpc) is 2.19. The predicted molar refractivity (Wildman–Crippen MR) is 55.0 cm³/mol. The molecular formula is C10H17N3O. The van der Waals surface area contributed by atoms with Gasteiger partial charge in [-0.3, -0.25) is 0 Å². The van der Waals surface area contributed by atoms with Gasteiger partial charge >= 0.3 is 0 Å². The van der Waals surface area contributed by atoms with Crippen molar-refractivity contribution in [2.75, 3.05) is 13.6 Å². The molecule has 1 unspecified atom stereocenters. The van der Waals surface area contributed by atoms with Crippen molar-refractivity contribution < 1.29 is 5.11 Å². The average molecular weight is 195 g/mol. The van der Waals surface area contributed by atoms with Crippen LogP contribution in [-0.4, -0.2) is 28.7 Å². The lowest BCUT2D eigenvalue weighted by molar-refractivity contribution is 0.171. The molecule has 14 heavy (non-hydrogen) atoms. The number of likely N-dealkylation sites (N-methyl/N-ethyl adjacent to an activating group) is 1. The molecule has 1 atom stereocenters. The van der Waals surface area contributed by atoms with Crippen LogP contribution in [-0.2, 0) is 6.42 Å². The van der Waals surface area contributed by atoms with E-state index in [4.69, 9.17) is 0 Å². The minimum absolute atomic E-state index is 0.515. The van der Waals surface area contributed by atoms with E-state index in [1.165, 1.54) is 0 Å². The first kappa shape index (κ1) is 11.1. The van der Waals surface area contributed by atoms with Crippen LogP contribution in [0.3, 0.4) is 0 Å². The molecule has 0 aliphatic rings. The van der Waals surface area contributed by atoms with Crippen molar-refractivity contribution in [1.29, 1.82) is 0 Å². The standard InChI is InChI=1S/C10H17N3O/c1-4-9-12-5-7(2)10(13-9)8(14)6-11-3/h5,8,11,14H,4,6H2,1-3H3. The van der Waals surface area contributed by atoms with Crippen molar-refractivity contribution in [3.05, 3.63) is 23.3 Å². The number of hydrogen-bond donors (Lipinski definition) is 2. The molecule has 1 aromatic rings. The number of aliphatic hydroxyl groups is 1. The number of rotatable bonds is 4. The highest BCUT2D eigenvalue weighted by molar-refractivity contribution is 5.18. The van der Waals surface area contributed by atoms with Gasteiger partial charge in [-0.15, -0.1) is 0 Å². The van der Waals surface area contributed by atoms with Gasteiger partial charge in [0.15, 0.2) is 0 Å². The fourth-order valence-electron chi connectivity index (χ4n) is 1.29. The Morgan fingerprint density at radius 1 is 1.57 bits per heavy atom. The predicted octanol–water partition coefficient (Wildman–Crippen LogP) is 0.600. The number of hydrogen-bond acceptors (Lipinski definition) is 4. The van der Waals surface area contributed by atoms with Gasteiger partial charge in [0.2, 0.25) is 0 Å². The van der Waals surface area contributed by atoms with Crippen LogP contribution < -0.4 is 5.32 Å². The van der Waals surface area contributed by atoms with Gasteiger partial charge in [-0.2, -0.15) is 0 Å². The molecule has 0 fully saturated rings. The zero-order valence-corrected chi connectivity index (χ0v) is 8.91. The van der Waals surface area contributed by atoms with Crippen LogP contribution in [0.4, 0.5) is 0 Å². The van der Waals surface area contributed by atoms with E-state index < -0.39 is 6.10 Å². The van der Waals surface area contributed by atoms with Crippen LogP contribution in [0.2, 0.25) is 0 Å². The molecule has 78 valence electrons. The SMILES string of the molecule is CCc1ncc(C)c(C(O)CNC)n1. The molecule has 0 spiro atoms. The maximum Gasteiger partial charge on any atom is 0.128 e. The van der Waals surface area contributed by atoms with Crippen molar-refractivity contribution in [3.8, 4) is 0 Å². The Kier molecular flexibility index (Phi) is 3.98. The molecule has 2 N–H and O–H groups in total. The van der Waals surface area contributed by atoms with Gasteiger partial charge in [0.25, 0.3) is 0 Å². The summed E-state index contributed by atoms with van der Waals surface area (Å²) in [5.41, 5.74) is 1.66. The number of aliphatic hydroxyl groups excluding tert-OH is 1. The molecule has 0 bridgehead atoms. The Bertz CT molecular complexity index is 301. The molecule has 0 saturated heterocycles. The minimum Gasteiger partial charge on any atom is -0.385 e. The number of aryl methyl sites for hydroxylation is 2. The zero-order valence-electron chi connectivity index (χ0n) is 8.91. The highest BCUT2D eigenvalue weighted by atomic mass is 16.3. The molecule has 0 aliphatic heterocycles. The first-order valence-electron chi connectivity index (χ1n) is 4.84. The van der Waals surface area contributed by atoms with E-state index in [9.17, 15) is 5.11 Å². The summed E-state index contributed by atoms with van der Waals surface area (Å²) < 4.78 is 0. The largest absolute Gasteiger partial charge is 0.385 e. The maximum absolute atomic E-state index is 9.77. The van der Waals surface area contributed by atoms with Crippen LogP contribution in [0.1, 0.15) is 30.1 Å². The quantitative estimate of drug-likeness (QED) is 0.738. The summed E-state index contributed by atoms with van der Waals surface area (Å²) in [5.74, 6) is 0.778. The van der Waals surface area contributed by atoms with E-state index in [-0.39, 0.29) is 0 Å². The van der Waals surface area contributed by atoms with Crippen molar-refractivity contribution >= 4 is 0 Å². The lowest BCUT2D eigenvalue weighted by atomic mass is 10.1. The highest BCUT2D eigenvalue weighted by Gasteiger charge is 2.11. The molecule has 0 aliphatic carbocycles. The Morgan fingerprint density at radius 3 is 2.86 bits per heavy atom. The molecular weight excluding hydrogens is 178 g/mol. The van der Waals surface area contributed by atoms with E-state index in [1.807, 2.05) is 13.8 Å². The van der Waals surface area contributed by atoms with E-state index in [0.717, 1.165) is 23.5 Å². The van der Waals surface area contributed by atoms with E-state index in [1.54, 1.807) is 13.2 Å². The fraction of sp³-hybridized carbons (Fsp3) is 0.600. The second-order valence-corrected chi connectivity index (χ2v) is 3.28. The number of nitrogens with zero attached hydrogens (tertiary/aromatic N) is 2. The Labute approximate surface area is 84.4 Å². The van der Waals surface area contributed by atoms with Crippen LogP contribution in [0.25, 0.3) is 0 Å². The topological polar surface area (TPSA) is 58.0 Å². The van der Waals surface area contributed by atoms with Crippen LogP contribution >= 0.6 is 0 Å². The summed E-state index contributed by atoms with van der Waals surface area (Å²) in [7, 11) is 1.81. The maximum atomic E-state index is 9.77. The van der Waals surface area contributed by atoms with Gasteiger partial charge < -0.3 is 10.4 Å². The summed E-state index contributed by atoms with van der Waals surface area (Å²) in [6.45, 7) is 4.42. The Balaban J connectivity index is 2.93. The van der Waals surface area contributed by atoms with Crippen molar-refractivity contribution in [2.45, 2.75) is 26.4 Å². The molecule has 4 heteroatoms. The Morgan fingerprint density at radius 2 is 2.29 bits per heavy atom. The molecule has 1 heterocycles. The normalized spacial score (nSPS) is 12.9. The van der Waals surface area contributed by atoms with Gasteiger partial charge in [-0.1, -0.05) is 6.92 Å². The lowest BCUT2D eigenvalue weighted by Gasteiger charge is -2.12. The summed E-state index contributed by atoms with van der Waals surface area (Å²) in [6.07, 6.45) is 2.01. The smallest absolute Gasteiger partial charge is 0.128 e. The van der Waals surface area contributed by atoms with Crippen molar-refractivity contribution in [3.63, 3.8) is 0 Å². The Hall–Kier alpha value is -1.00. The summed E-state index contributed by atoms with van der Waals surface area (Å²) in [6, 6.07) is 0. The third kappa shape index (κ3) is 2.49. The summed E-state index contributed by atoms with van der Waals surface area (Å²) in [4.78, 5) is 8.47. The van der Waals surface area contributed by atoms with Gasteiger partial charge in [-0.05, 0) is 19.5 Å². The fourth-order valence-corrected chi connectivity index (χ4v) is 1.29. The van der Waals surface area contributed by atoms with Gasteiger partial charge in [-0.25, -0.2) is 9.97 Å². The third-order valence-corrected chi connectivity index (χ3v) is 2.09. The minimum atomic E-state index is -0.548. The first-order valence-corrected chi connectivity index (χ1v) is 4.84. The van der Waals surface area contributed by atoms with Crippen LogP contribution in [0, 0.1) is 6.92 Å². The van der Waals surface area contributed by atoms with Crippen molar-refractivity contribution in [2.24, 2.45) is 0 Å². The second kappa shape index (κ2) is 5.02. The molecule has 0 radical (unpaired) electrons. The molecule has 0 saturated carbocycles. The van der Waals surface area contributed by atoms with Gasteiger partial charge in [0.05, 0.1) is 5.69 Å². The van der Waals surface area contributed by atoms with E-state index in [0.29, 0.717) is 6.54 Å². The van der Waals surface area contributed by atoms with Crippen LogP contribution in [0.15, 0.2) is 6.20 Å². The number of aromatic nitrogens is 2. The van der Waals surface area contributed by atoms with Gasteiger partial charge in [0, 0.05) is 19.2 Å². The lowest BCUT2D eigenvalue weighted by Crippen LogP contribution is -2.19. The zero-order chi connectivity index (χ0) is 10.6. The van der Waals surface area contributed by atoms with E-state index >= 15 is 0 Å². The molecule has 4 nitrogen and oxygen atoms in total. The molecule has 1 aromatic heterocycles. The molecule has 0 aromatic carbocycles. The summed E-state index contributed by atoms with van der Waals surface area (Å²) >= 11 is 0. The monoisotopic (exact) mass is 195 g/mol. The second-order valence-electron chi connectivity index (χ2n) is 3.28. The third-order valence-electron chi connectivity index (χ3n) is 2.09.